The monoisotopic (exact) mass is 630 g/mol. The minimum atomic E-state index is -1.01. The van der Waals surface area contributed by atoms with Gasteiger partial charge in [-0.05, 0) is 93.4 Å². The van der Waals surface area contributed by atoms with Gasteiger partial charge in [0.05, 0.1) is 27.7 Å². The van der Waals surface area contributed by atoms with Crippen molar-refractivity contribution in [1.29, 1.82) is 0 Å². The zero-order valence-corrected chi connectivity index (χ0v) is 23.2. The summed E-state index contributed by atoms with van der Waals surface area (Å²) in [7, 11) is 3.21. The van der Waals surface area contributed by atoms with Gasteiger partial charge in [-0.15, -0.1) is 0 Å². The molecule has 0 saturated carbocycles. The molecule has 0 unspecified atom stereocenters. The lowest BCUT2D eigenvalue weighted by Crippen LogP contribution is -2.23. The van der Waals surface area contributed by atoms with E-state index in [2.05, 4.69) is 36.9 Å². The van der Waals surface area contributed by atoms with E-state index in [1.165, 1.54) is 28.8 Å². The van der Waals surface area contributed by atoms with E-state index in [1.54, 1.807) is 32.4 Å². The Morgan fingerprint density at radius 2 is 1.81 bits per heavy atom. The van der Waals surface area contributed by atoms with Crippen molar-refractivity contribution in [3.8, 4) is 11.5 Å². The largest absolute Gasteiger partial charge is 0.493 e. The molecule has 0 radical (unpaired) electrons. The number of ether oxygens (including phenoxy) is 2. The molecule has 184 valence electrons. The molecule has 7 nitrogen and oxygen atoms in total. The number of likely N-dealkylation sites (N-methyl/N-ethyl adjacent to an activating group) is 1. The fourth-order valence-electron chi connectivity index (χ4n) is 3.29. The fourth-order valence-corrected chi connectivity index (χ4v) is 5.12. The van der Waals surface area contributed by atoms with E-state index >= 15 is 0 Å². The number of hydrogen-bond donors (Lipinski definition) is 1. The number of carbonyl (C=O) groups excluding carboxylic acids is 1. The molecule has 0 bridgehead atoms. The van der Waals surface area contributed by atoms with E-state index in [9.17, 15) is 9.59 Å². The van der Waals surface area contributed by atoms with Crippen LogP contribution in [0, 0.1) is 0 Å². The Bertz CT molecular complexity index is 1370. The Morgan fingerprint density at radius 3 is 2.44 bits per heavy atom. The Kier molecular flexibility index (Phi) is 8.17. The van der Waals surface area contributed by atoms with Gasteiger partial charge in [0.1, 0.15) is 6.61 Å². The van der Waals surface area contributed by atoms with Crippen molar-refractivity contribution in [2.45, 2.75) is 6.61 Å². The molecule has 4 rings (SSSR count). The van der Waals surface area contributed by atoms with Crippen molar-refractivity contribution in [1.82, 2.24) is 4.90 Å². The van der Waals surface area contributed by atoms with Crippen LogP contribution in [0.4, 0.5) is 5.69 Å². The lowest BCUT2D eigenvalue weighted by atomic mass is 10.1. The first-order chi connectivity index (χ1) is 17.2. The Hall–Kier alpha value is -3.08. The highest BCUT2D eigenvalue weighted by atomic mass is 79.9. The number of aromatic carboxylic acids is 1. The van der Waals surface area contributed by atoms with Crippen LogP contribution in [-0.2, 0) is 11.4 Å². The number of rotatable bonds is 7. The van der Waals surface area contributed by atoms with Gasteiger partial charge >= 0.3 is 5.97 Å². The number of methoxy groups -OCH3 is 1. The van der Waals surface area contributed by atoms with Gasteiger partial charge in [-0.1, -0.05) is 28.1 Å². The van der Waals surface area contributed by atoms with Crippen LogP contribution >= 0.6 is 43.6 Å². The van der Waals surface area contributed by atoms with Crippen LogP contribution in [0.2, 0.25) is 0 Å². The molecule has 0 spiro atoms. The normalized spacial score (nSPS) is 15.6. The smallest absolute Gasteiger partial charge is 0.335 e. The molecular formula is C26H20Br2N2O5S. The number of hydrogen-bond acceptors (Lipinski definition) is 6. The number of thioether (sulfide) groups is 1. The van der Waals surface area contributed by atoms with Crippen LogP contribution in [0.5, 0.6) is 11.5 Å². The van der Waals surface area contributed by atoms with Crippen molar-refractivity contribution >= 4 is 72.4 Å². The highest BCUT2D eigenvalue weighted by molar-refractivity contribution is 9.10. The Morgan fingerprint density at radius 1 is 1.11 bits per heavy atom. The molecule has 3 aromatic rings. The quantitative estimate of drug-likeness (QED) is 0.291. The van der Waals surface area contributed by atoms with Crippen LogP contribution in [0.15, 0.2) is 79.5 Å². The number of benzene rings is 3. The average Bonchev–Trinajstić information content (AvgIpc) is 3.12. The summed E-state index contributed by atoms with van der Waals surface area (Å²) in [5, 5.41) is 9.55. The molecule has 1 aliphatic rings. The predicted molar refractivity (Wildman–Crippen MR) is 148 cm³/mol. The third kappa shape index (κ3) is 6.00. The number of nitrogens with zero attached hydrogens (tertiary/aromatic N) is 2. The number of carboxylic acids is 1. The summed E-state index contributed by atoms with van der Waals surface area (Å²) in [5.41, 5.74) is 2.50. The van der Waals surface area contributed by atoms with E-state index in [0.717, 1.165) is 15.6 Å². The molecule has 0 aliphatic carbocycles. The van der Waals surface area contributed by atoms with Crippen LogP contribution in [0.25, 0.3) is 6.08 Å². The number of amides is 1. The van der Waals surface area contributed by atoms with Crippen LogP contribution in [0.1, 0.15) is 21.5 Å². The summed E-state index contributed by atoms with van der Waals surface area (Å²) >= 11 is 8.23. The topological polar surface area (TPSA) is 88.4 Å². The maximum atomic E-state index is 12.9. The summed E-state index contributed by atoms with van der Waals surface area (Å²) in [5.74, 6) is -0.0958. The van der Waals surface area contributed by atoms with Gasteiger partial charge in [0, 0.05) is 11.5 Å². The second-order valence-electron chi connectivity index (χ2n) is 7.67. The highest BCUT2D eigenvalue weighted by Crippen LogP contribution is 2.39. The molecule has 36 heavy (non-hydrogen) atoms. The number of aliphatic imine (C=N–C) groups is 1. The van der Waals surface area contributed by atoms with E-state index in [1.807, 2.05) is 36.4 Å². The molecule has 1 heterocycles. The third-order valence-corrected chi connectivity index (χ3v) is 7.37. The first-order valence-corrected chi connectivity index (χ1v) is 13.0. The van der Waals surface area contributed by atoms with Gasteiger partial charge < -0.3 is 14.6 Å². The lowest BCUT2D eigenvalue weighted by Gasteiger charge is -2.14. The maximum absolute atomic E-state index is 12.9. The summed E-state index contributed by atoms with van der Waals surface area (Å²) in [6.07, 6.45) is 1.77. The zero-order chi connectivity index (χ0) is 25.8. The predicted octanol–water partition coefficient (Wildman–Crippen LogP) is 6.73. The van der Waals surface area contributed by atoms with E-state index < -0.39 is 5.97 Å². The summed E-state index contributed by atoms with van der Waals surface area (Å²) in [4.78, 5) is 30.4. The summed E-state index contributed by atoms with van der Waals surface area (Å²) in [6, 6.07) is 17.7. The van der Waals surface area contributed by atoms with Crippen LogP contribution in [0.3, 0.4) is 0 Å². The lowest BCUT2D eigenvalue weighted by molar-refractivity contribution is -0.121. The van der Waals surface area contributed by atoms with E-state index in [4.69, 9.17) is 14.6 Å². The van der Waals surface area contributed by atoms with Crippen molar-refractivity contribution in [2.75, 3.05) is 14.2 Å². The molecule has 0 atom stereocenters. The van der Waals surface area contributed by atoms with Crippen molar-refractivity contribution in [3.05, 3.63) is 91.2 Å². The van der Waals surface area contributed by atoms with Gasteiger partial charge in [0.25, 0.3) is 5.91 Å². The van der Waals surface area contributed by atoms with Crippen molar-refractivity contribution < 1.29 is 24.2 Å². The Balaban J connectivity index is 1.55. The molecular weight excluding hydrogens is 612 g/mol. The van der Waals surface area contributed by atoms with E-state index in [0.29, 0.717) is 38.3 Å². The van der Waals surface area contributed by atoms with E-state index in [-0.39, 0.29) is 11.5 Å². The number of carbonyl (C=O) groups is 2. The zero-order valence-electron chi connectivity index (χ0n) is 19.2. The molecule has 1 amide bonds. The number of halogens is 2. The molecule has 1 saturated heterocycles. The first kappa shape index (κ1) is 26.0. The average molecular weight is 632 g/mol. The van der Waals surface area contributed by atoms with Gasteiger partial charge in [0.15, 0.2) is 16.7 Å². The molecule has 10 heteroatoms. The minimum Gasteiger partial charge on any atom is -0.493 e. The van der Waals surface area contributed by atoms with Gasteiger partial charge in [-0.2, -0.15) is 0 Å². The maximum Gasteiger partial charge on any atom is 0.335 e. The summed E-state index contributed by atoms with van der Waals surface area (Å²) in [6.45, 7) is 0.370. The SMILES string of the molecule is COc1cc(/C=C2\SC(=Nc3ccc(C(=O)O)cc3)N(C)C2=O)cc(Br)c1OCc1ccc(Br)cc1. The van der Waals surface area contributed by atoms with Gasteiger partial charge in [0.2, 0.25) is 0 Å². The van der Waals surface area contributed by atoms with Gasteiger partial charge in [-0.3, -0.25) is 9.69 Å². The minimum absolute atomic E-state index is 0.173. The summed E-state index contributed by atoms with van der Waals surface area (Å²) < 4.78 is 13.3. The van der Waals surface area contributed by atoms with Crippen LogP contribution in [-0.4, -0.2) is 41.2 Å². The first-order valence-electron chi connectivity index (χ1n) is 10.6. The number of amidine groups is 1. The molecule has 1 aliphatic heterocycles. The van der Waals surface area contributed by atoms with Crippen molar-refractivity contribution in [2.24, 2.45) is 4.99 Å². The standard InChI is InChI=1S/C26H20Br2N2O5S/c1-30-24(31)22(36-26(30)29-19-9-5-17(6-10-19)25(32)33)13-16-11-20(28)23(21(12-16)34-2)35-14-15-3-7-18(27)8-4-15/h3-13H,14H2,1-2H3,(H,32,33)/b22-13-,29-26?. The number of carboxylic acid groups (broad SMARTS) is 1. The highest BCUT2D eigenvalue weighted by Gasteiger charge is 2.30. The van der Waals surface area contributed by atoms with Crippen molar-refractivity contribution in [3.63, 3.8) is 0 Å². The molecule has 1 fully saturated rings. The molecule has 0 aromatic heterocycles. The molecule has 1 N–H and O–H groups in total. The second-order valence-corrected chi connectivity index (χ2v) is 10.4. The van der Waals surface area contributed by atoms with Crippen LogP contribution < -0.4 is 9.47 Å². The van der Waals surface area contributed by atoms with Gasteiger partial charge in [-0.25, -0.2) is 9.79 Å². The fraction of sp³-hybridized carbons (Fsp3) is 0.115. The Labute approximate surface area is 229 Å². The second kappa shape index (κ2) is 11.3. The third-order valence-electron chi connectivity index (χ3n) is 5.19. The molecule has 3 aromatic carbocycles.